The molecule has 4 N–H and O–H groups in total. The number of nitrogens with one attached hydrogen (secondary N) is 1. The van der Waals surface area contributed by atoms with E-state index >= 15 is 0 Å². The SMILES string of the molecule is Nc1ccc(O)cc1C(=O)Nc1cc(Cl)ccc1Cl. The molecule has 0 bridgehead atoms. The zero-order valence-electron chi connectivity index (χ0n) is 9.65. The van der Waals surface area contributed by atoms with E-state index in [2.05, 4.69) is 5.32 Å². The quantitative estimate of drug-likeness (QED) is 0.586. The molecule has 0 aliphatic heterocycles. The Morgan fingerprint density at radius 3 is 2.63 bits per heavy atom. The minimum atomic E-state index is -0.474. The smallest absolute Gasteiger partial charge is 0.257 e. The van der Waals surface area contributed by atoms with Crippen molar-refractivity contribution in [2.75, 3.05) is 11.1 Å². The number of phenolic OH excluding ortho intramolecular Hbond substituents is 1. The summed E-state index contributed by atoms with van der Waals surface area (Å²) < 4.78 is 0. The molecule has 4 nitrogen and oxygen atoms in total. The van der Waals surface area contributed by atoms with Crippen LogP contribution >= 0.6 is 23.2 Å². The van der Waals surface area contributed by atoms with E-state index in [9.17, 15) is 9.90 Å². The van der Waals surface area contributed by atoms with E-state index in [1.165, 1.54) is 24.3 Å². The van der Waals surface area contributed by atoms with Gasteiger partial charge in [0.25, 0.3) is 5.91 Å². The third-order valence-electron chi connectivity index (χ3n) is 2.46. The largest absolute Gasteiger partial charge is 0.508 e. The van der Waals surface area contributed by atoms with Gasteiger partial charge in [-0.25, -0.2) is 0 Å². The summed E-state index contributed by atoms with van der Waals surface area (Å²) in [5.74, 6) is -0.519. The molecule has 2 rings (SSSR count). The van der Waals surface area contributed by atoms with Gasteiger partial charge in [0.05, 0.1) is 16.3 Å². The number of hydrogen-bond donors (Lipinski definition) is 3. The molecule has 0 saturated carbocycles. The van der Waals surface area contributed by atoms with Crippen LogP contribution in [0.1, 0.15) is 10.4 Å². The zero-order chi connectivity index (χ0) is 14.0. The van der Waals surface area contributed by atoms with Crippen LogP contribution in [0.25, 0.3) is 0 Å². The normalized spacial score (nSPS) is 10.2. The molecule has 0 aliphatic carbocycles. The first kappa shape index (κ1) is 13.5. The van der Waals surface area contributed by atoms with E-state index in [0.29, 0.717) is 15.7 Å². The molecule has 98 valence electrons. The van der Waals surface area contributed by atoms with Crippen LogP contribution in [0.4, 0.5) is 11.4 Å². The van der Waals surface area contributed by atoms with Gasteiger partial charge in [-0.05, 0) is 36.4 Å². The first-order valence-corrected chi connectivity index (χ1v) is 6.08. The van der Waals surface area contributed by atoms with Gasteiger partial charge in [-0.2, -0.15) is 0 Å². The van der Waals surface area contributed by atoms with Crippen LogP contribution in [0.15, 0.2) is 36.4 Å². The average Bonchev–Trinajstić information content (AvgIpc) is 2.36. The number of phenols is 1. The first-order valence-electron chi connectivity index (χ1n) is 5.32. The lowest BCUT2D eigenvalue weighted by atomic mass is 10.1. The number of halogens is 2. The van der Waals surface area contributed by atoms with Gasteiger partial charge in [-0.15, -0.1) is 0 Å². The van der Waals surface area contributed by atoms with Crippen molar-refractivity contribution in [2.45, 2.75) is 0 Å². The summed E-state index contributed by atoms with van der Waals surface area (Å²) in [6, 6.07) is 8.85. The summed E-state index contributed by atoms with van der Waals surface area (Å²) in [4.78, 5) is 12.0. The molecule has 0 atom stereocenters. The van der Waals surface area contributed by atoms with Crippen molar-refractivity contribution >= 4 is 40.5 Å². The number of rotatable bonds is 2. The number of carbonyl (C=O) groups excluding carboxylic acids is 1. The molecule has 0 radical (unpaired) electrons. The standard InChI is InChI=1S/C13H10Cl2N2O2/c14-7-1-3-10(15)12(5-7)17-13(19)9-6-8(18)2-4-11(9)16/h1-6,18H,16H2,(H,17,19). The predicted octanol–water partition coefficient (Wildman–Crippen LogP) is 3.53. The van der Waals surface area contributed by atoms with Gasteiger partial charge in [0.1, 0.15) is 5.75 Å². The van der Waals surface area contributed by atoms with Crippen LogP contribution in [0.3, 0.4) is 0 Å². The van der Waals surface area contributed by atoms with Crippen molar-refractivity contribution in [3.63, 3.8) is 0 Å². The molecule has 0 unspecified atom stereocenters. The second-order valence-electron chi connectivity index (χ2n) is 3.85. The van der Waals surface area contributed by atoms with E-state index in [1.54, 1.807) is 12.1 Å². The maximum Gasteiger partial charge on any atom is 0.257 e. The van der Waals surface area contributed by atoms with E-state index in [-0.39, 0.29) is 17.0 Å². The Balaban J connectivity index is 2.30. The van der Waals surface area contributed by atoms with Crippen LogP contribution in [-0.2, 0) is 0 Å². The third-order valence-corrected chi connectivity index (χ3v) is 3.02. The molecule has 19 heavy (non-hydrogen) atoms. The molecule has 2 aromatic rings. The Labute approximate surface area is 119 Å². The Kier molecular flexibility index (Phi) is 3.83. The maximum absolute atomic E-state index is 12.0. The number of hydrogen-bond acceptors (Lipinski definition) is 3. The summed E-state index contributed by atoms with van der Waals surface area (Å²) >= 11 is 11.8. The second kappa shape index (κ2) is 5.38. The Morgan fingerprint density at radius 2 is 1.89 bits per heavy atom. The number of aromatic hydroxyl groups is 1. The molecule has 1 amide bonds. The Hall–Kier alpha value is -1.91. The van der Waals surface area contributed by atoms with Gasteiger partial charge >= 0.3 is 0 Å². The van der Waals surface area contributed by atoms with Crippen LogP contribution < -0.4 is 11.1 Å². The van der Waals surface area contributed by atoms with Crippen LogP contribution in [0.2, 0.25) is 10.0 Å². The van der Waals surface area contributed by atoms with Gasteiger partial charge in [-0.1, -0.05) is 23.2 Å². The van der Waals surface area contributed by atoms with Crippen molar-refractivity contribution in [1.82, 2.24) is 0 Å². The van der Waals surface area contributed by atoms with Crippen LogP contribution in [0, 0.1) is 0 Å². The highest BCUT2D eigenvalue weighted by molar-refractivity contribution is 6.36. The number of nitrogen functional groups attached to an aromatic ring is 1. The van der Waals surface area contributed by atoms with Crippen molar-refractivity contribution < 1.29 is 9.90 Å². The molecular weight excluding hydrogens is 287 g/mol. The molecule has 0 fully saturated rings. The summed E-state index contributed by atoms with van der Waals surface area (Å²) in [6.07, 6.45) is 0. The van der Waals surface area contributed by atoms with Crippen molar-refractivity contribution in [3.05, 3.63) is 52.0 Å². The zero-order valence-corrected chi connectivity index (χ0v) is 11.2. The predicted molar refractivity (Wildman–Crippen MR) is 76.9 cm³/mol. The summed E-state index contributed by atoms with van der Waals surface area (Å²) in [7, 11) is 0. The lowest BCUT2D eigenvalue weighted by Gasteiger charge is -2.09. The molecule has 0 aliphatic rings. The first-order chi connectivity index (χ1) is 8.97. The van der Waals surface area contributed by atoms with E-state index in [4.69, 9.17) is 28.9 Å². The number of amides is 1. The monoisotopic (exact) mass is 296 g/mol. The van der Waals surface area contributed by atoms with Gasteiger partial charge in [-0.3, -0.25) is 4.79 Å². The lowest BCUT2D eigenvalue weighted by molar-refractivity contribution is 0.102. The highest BCUT2D eigenvalue weighted by Crippen LogP contribution is 2.27. The fourth-order valence-electron chi connectivity index (χ4n) is 1.52. The van der Waals surface area contributed by atoms with Gasteiger partial charge in [0, 0.05) is 10.7 Å². The molecule has 6 heteroatoms. The number of anilines is 2. The van der Waals surface area contributed by atoms with Gasteiger partial charge in [0.2, 0.25) is 0 Å². The van der Waals surface area contributed by atoms with Crippen LogP contribution in [0.5, 0.6) is 5.75 Å². The van der Waals surface area contributed by atoms with Crippen molar-refractivity contribution in [2.24, 2.45) is 0 Å². The summed E-state index contributed by atoms with van der Waals surface area (Å²) in [6.45, 7) is 0. The molecule has 0 saturated heterocycles. The second-order valence-corrected chi connectivity index (χ2v) is 4.69. The highest BCUT2D eigenvalue weighted by Gasteiger charge is 2.12. The molecule has 0 spiro atoms. The summed E-state index contributed by atoms with van der Waals surface area (Å²) in [5.41, 5.74) is 6.48. The van der Waals surface area contributed by atoms with E-state index < -0.39 is 5.91 Å². The number of nitrogens with two attached hydrogens (primary N) is 1. The Bertz CT molecular complexity index is 645. The molecule has 2 aromatic carbocycles. The van der Waals surface area contributed by atoms with Crippen molar-refractivity contribution in [3.8, 4) is 5.75 Å². The van der Waals surface area contributed by atoms with Crippen molar-refractivity contribution in [1.29, 1.82) is 0 Å². The number of carbonyl (C=O) groups is 1. The fraction of sp³-hybridized carbons (Fsp3) is 0. The summed E-state index contributed by atoms with van der Waals surface area (Å²) in [5, 5.41) is 12.8. The highest BCUT2D eigenvalue weighted by atomic mass is 35.5. The number of benzene rings is 2. The third kappa shape index (κ3) is 3.10. The average molecular weight is 297 g/mol. The molecular formula is C13H10Cl2N2O2. The van der Waals surface area contributed by atoms with E-state index in [0.717, 1.165) is 0 Å². The minimum absolute atomic E-state index is 0.0449. The topological polar surface area (TPSA) is 75.3 Å². The lowest BCUT2D eigenvalue weighted by Crippen LogP contribution is -2.14. The molecule has 0 heterocycles. The maximum atomic E-state index is 12.0. The Morgan fingerprint density at radius 1 is 1.16 bits per heavy atom. The van der Waals surface area contributed by atoms with Gasteiger partial charge in [0.15, 0.2) is 0 Å². The fourth-order valence-corrected chi connectivity index (χ4v) is 1.86. The van der Waals surface area contributed by atoms with E-state index in [1.807, 2.05) is 0 Å². The minimum Gasteiger partial charge on any atom is -0.508 e. The van der Waals surface area contributed by atoms with Gasteiger partial charge < -0.3 is 16.2 Å². The van der Waals surface area contributed by atoms with Crippen LogP contribution in [-0.4, -0.2) is 11.0 Å². The molecule has 0 aromatic heterocycles.